The van der Waals surface area contributed by atoms with Crippen molar-refractivity contribution in [2.75, 3.05) is 0 Å². The SMILES string of the molecule is [O-][N+](=Nc1ccc(Cl)cc1)c1ccc(Cl)c(Cl)c1. The molecule has 0 aromatic heterocycles. The van der Waals surface area contributed by atoms with Gasteiger partial charge in [-0.15, -0.1) is 0 Å². The van der Waals surface area contributed by atoms with E-state index in [1.54, 1.807) is 36.4 Å². The third-order valence-corrected chi connectivity index (χ3v) is 3.15. The van der Waals surface area contributed by atoms with Crippen LogP contribution in [-0.2, 0) is 0 Å². The third-order valence-electron chi connectivity index (χ3n) is 2.16. The smallest absolute Gasteiger partial charge is 0.246 e. The molecule has 6 heteroatoms. The van der Waals surface area contributed by atoms with E-state index in [1.165, 1.54) is 6.07 Å². The van der Waals surface area contributed by atoms with E-state index in [1.807, 2.05) is 0 Å². The number of halogens is 3. The van der Waals surface area contributed by atoms with Crippen molar-refractivity contribution >= 4 is 46.2 Å². The first-order valence-electron chi connectivity index (χ1n) is 4.96. The summed E-state index contributed by atoms with van der Waals surface area (Å²) in [5.41, 5.74) is 0.805. The van der Waals surface area contributed by atoms with E-state index in [9.17, 15) is 5.21 Å². The van der Waals surface area contributed by atoms with Crippen LogP contribution in [-0.4, -0.2) is 4.86 Å². The molecule has 0 fully saturated rings. The zero-order valence-electron chi connectivity index (χ0n) is 8.98. The zero-order chi connectivity index (χ0) is 13.1. The average Bonchev–Trinajstić information content (AvgIpc) is 2.35. The van der Waals surface area contributed by atoms with Crippen LogP contribution in [0.4, 0.5) is 11.4 Å². The van der Waals surface area contributed by atoms with Gasteiger partial charge in [0.1, 0.15) is 5.69 Å². The number of azo groups is 1. The van der Waals surface area contributed by atoms with E-state index in [-0.39, 0.29) is 0 Å². The summed E-state index contributed by atoms with van der Waals surface area (Å²) in [6.45, 7) is 0. The van der Waals surface area contributed by atoms with Gasteiger partial charge in [0, 0.05) is 22.3 Å². The van der Waals surface area contributed by atoms with E-state index in [2.05, 4.69) is 5.11 Å². The minimum absolute atomic E-state index is 0.305. The third kappa shape index (κ3) is 3.13. The second kappa shape index (κ2) is 5.57. The molecule has 0 radical (unpaired) electrons. The van der Waals surface area contributed by atoms with Gasteiger partial charge in [0.15, 0.2) is 0 Å². The largest absolute Gasteiger partial charge is 0.594 e. The van der Waals surface area contributed by atoms with Crippen LogP contribution in [0.15, 0.2) is 47.6 Å². The Kier molecular flexibility index (Phi) is 4.07. The first kappa shape index (κ1) is 13.1. The standard InChI is InChI=1S/C12H7Cl3N2O/c13-8-1-3-9(4-2-8)16-17(18)10-5-6-11(14)12(15)7-10/h1-7H. The zero-order valence-corrected chi connectivity index (χ0v) is 11.2. The fraction of sp³-hybridized carbons (Fsp3) is 0. The van der Waals surface area contributed by atoms with Gasteiger partial charge in [0.25, 0.3) is 0 Å². The van der Waals surface area contributed by atoms with E-state index in [0.29, 0.717) is 31.3 Å². The molecule has 3 nitrogen and oxygen atoms in total. The minimum atomic E-state index is 0.305. The van der Waals surface area contributed by atoms with Crippen LogP contribution in [0.3, 0.4) is 0 Å². The van der Waals surface area contributed by atoms with Crippen LogP contribution in [0.1, 0.15) is 0 Å². The van der Waals surface area contributed by atoms with Crippen LogP contribution in [0.5, 0.6) is 0 Å². The van der Waals surface area contributed by atoms with Gasteiger partial charge < -0.3 is 5.21 Å². The van der Waals surface area contributed by atoms with Crippen molar-refractivity contribution in [1.82, 2.24) is 0 Å². The van der Waals surface area contributed by atoms with E-state index in [0.717, 1.165) is 0 Å². The van der Waals surface area contributed by atoms with Gasteiger partial charge in [0.05, 0.1) is 10.0 Å². The van der Waals surface area contributed by atoms with Gasteiger partial charge in [-0.3, -0.25) is 0 Å². The van der Waals surface area contributed by atoms with Crippen molar-refractivity contribution < 1.29 is 4.86 Å². The quantitative estimate of drug-likeness (QED) is 0.406. The van der Waals surface area contributed by atoms with E-state index >= 15 is 0 Å². The van der Waals surface area contributed by atoms with Crippen molar-refractivity contribution in [3.8, 4) is 0 Å². The lowest BCUT2D eigenvalue weighted by Crippen LogP contribution is -1.90. The molecule has 0 saturated carbocycles. The molecule has 2 rings (SSSR count). The monoisotopic (exact) mass is 300 g/mol. The van der Waals surface area contributed by atoms with Crippen molar-refractivity contribution in [3.05, 3.63) is 62.7 Å². The molecule has 0 spiro atoms. The summed E-state index contributed by atoms with van der Waals surface area (Å²) < 4.78 is 0. The Morgan fingerprint density at radius 1 is 0.889 bits per heavy atom. The molecule has 0 heterocycles. The lowest BCUT2D eigenvalue weighted by atomic mass is 10.3. The van der Waals surface area contributed by atoms with Gasteiger partial charge in [-0.2, -0.15) is 0 Å². The summed E-state index contributed by atoms with van der Waals surface area (Å²) in [6.07, 6.45) is 0. The van der Waals surface area contributed by atoms with Crippen molar-refractivity contribution in [1.29, 1.82) is 0 Å². The second-order valence-electron chi connectivity index (χ2n) is 3.45. The number of hydrogen-bond donors (Lipinski definition) is 0. The molecule has 0 aliphatic carbocycles. The van der Waals surface area contributed by atoms with Crippen LogP contribution < -0.4 is 0 Å². The van der Waals surface area contributed by atoms with Crippen molar-refractivity contribution in [2.45, 2.75) is 0 Å². The number of rotatable bonds is 2. The fourth-order valence-electron chi connectivity index (χ4n) is 1.27. The predicted octanol–water partition coefficient (Wildman–Crippen LogP) is 5.57. The summed E-state index contributed by atoms with van der Waals surface area (Å²) >= 11 is 17.3. The lowest BCUT2D eigenvalue weighted by Gasteiger charge is -2.01. The molecule has 18 heavy (non-hydrogen) atoms. The van der Waals surface area contributed by atoms with Gasteiger partial charge in [-0.05, 0) is 30.3 Å². The normalized spacial score (nSPS) is 11.6. The Bertz CT molecular complexity index is 597. The maximum Gasteiger partial charge on any atom is 0.246 e. The molecule has 0 unspecified atom stereocenters. The highest BCUT2D eigenvalue weighted by Gasteiger charge is 2.07. The molecule has 92 valence electrons. The van der Waals surface area contributed by atoms with Crippen molar-refractivity contribution in [3.63, 3.8) is 0 Å². The molecule has 2 aromatic rings. The van der Waals surface area contributed by atoms with E-state index in [4.69, 9.17) is 34.8 Å². The van der Waals surface area contributed by atoms with Crippen molar-refractivity contribution in [2.24, 2.45) is 5.11 Å². The van der Waals surface area contributed by atoms with Crippen LogP contribution >= 0.6 is 34.8 Å². The molecule has 0 aliphatic rings. The molecule has 0 saturated heterocycles. The summed E-state index contributed by atoms with van der Waals surface area (Å²) in [5.74, 6) is 0. The molecule has 0 atom stereocenters. The summed E-state index contributed by atoms with van der Waals surface area (Å²) in [4.78, 5) is 0.478. The summed E-state index contributed by atoms with van der Waals surface area (Å²) in [5, 5.41) is 16.9. The fourth-order valence-corrected chi connectivity index (χ4v) is 1.69. The molecule has 0 bridgehead atoms. The molecule has 2 aromatic carbocycles. The topological polar surface area (TPSA) is 38.4 Å². The molecular formula is C12H7Cl3N2O. The average molecular weight is 302 g/mol. The van der Waals surface area contributed by atoms with Gasteiger partial charge in [0.2, 0.25) is 5.69 Å². The predicted molar refractivity (Wildman–Crippen MR) is 73.3 cm³/mol. The number of benzene rings is 2. The van der Waals surface area contributed by atoms with Gasteiger partial charge >= 0.3 is 0 Å². The highest BCUT2D eigenvalue weighted by molar-refractivity contribution is 6.42. The first-order valence-corrected chi connectivity index (χ1v) is 6.09. The number of nitrogens with zero attached hydrogens (tertiary/aromatic N) is 2. The Balaban J connectivity index is 2.32. The molecular weight excluding hydrogens is 295 g/mol. The molecule has 0 aliphatic heterocycles. The highest BCUT2D eigenvalue weighted by atomic mass is 35.5. The highest BCUT2D eigenvalue weighted by Crippen LogP contribution is 2.27. The molecule has 0 amide bonds. The van der Waals surface area contributed by atoms with Crippen LogP contribution in [0, 0.1) is 5.21 Å². The summed E-state index contributed by atoms with van der Waals surface area (Å²) in [6, 6.07) is 11.1. The van der Waals surface area contributed by atoms with Crippen LogP contribution in [0.25, 0.3) is 0 Å². The Hall–Kier alpha value is -1.29. The first-order chi connectivity index (χ1) is 8.56. The second-order valence-corrected chi connectivity index (χ2v) is 4.70. The maximum atomic E-state index is 11.8. The number of hydrogen-bond acceptors (Lipinski definition) is 2. The van der Waals surface area contributed by atoms with Gasteiger partial charge in [-0.1, -0.05) is 39.7 Å². The summed E-state index contributed by atoms with van der Waals surface area (Å²) in [7, 11) is 0. The minimum Gasteiger partial charge on any atom is -0.594 e. The van der Waals surface area contributed by atoms with E-state index < -0.39 is 0 Å². The van der Waals surface area contributed by atoms with Gasteiger partial charge in [-0.25, -0.2) is 0 Å². The lowest BCUT2D eigenvalue weighted by molar-refractivity contribution is -0.435. The Morgan fingerprint density at radius 3 is 2.17 bits per heavy atom. The molecule has 0 N–H and O–H groups in total. The maximum absolute atomic E-state index is 11.8. The van der Waals surface area contributed by atoms with Crippen LogP contribution in [0.2, 0.25) is 15.1 Å². The Morgan fingerprint density at radius 2 is 1.56 bits per heavy atom. The Labute approximate surface area is 119 Å².